The van der Waals surface area contributed by atoms with E-state index in [-0.39, 0.29) is 11.9 Å². The van der Waals surface area contributed by atoms with Crippen LogP contribution >= 0.6 is 11.3 Å². The largest absolute Gasteiger partial charge is 0.271 e. The minimum absolute atomic E-state index is 0.104. The number of rotatable bonds is 4. The van der Waals surface area contributed by atoms with Gasteiger partial charge in [-0.3, -0.25) is 11.3 Å². The van der Waals surface area contributed by atoms with E-state index < -0.39 is 0 Å². The van der Waals surface area contributed by atoms with E-state index in [2.05, 4.69) is 11.5 Å². The third kappa shape index (κ3) is 3.51. The predicted octanol–water partition coefficient (Wildman–Crippen LogP) is 3.90. The second-order valence-electron chi connectivity index (χ2n) is 5.71. The molecule has 1 aromatic carbocycles. The Morgan fingerprint density at radius 1 is 1.14 bits per heavy atom. The molecule has 3 rings (SSSR count). The summed E-state index contributed by atoms with van der Waals surface area (Å²) in [6, 6.07) is 9.10. The first-order valence-corrected chi connectivity index (χ1v) is 8.40. The summed E-state index contributed by atoms with van der Waals surface area (Å²) in [5.74, 6) is 5.56. The maximum absolute atomic E-state index is 13.0. The van der Waals surface area contributed by atoms with Crippen LogP contribution in [-0.4, -0.2) is 0 Å². The fourth-order valence-corrected chi connectivity index (χ4v) is 4.28. The van der Waals surface area contributed by atoms with Gasteiger partial charge in [0, 0.05) is 9.75 Å². The first kappa shape index (κ1) is 14.7. The van der Waals surface area contributed by atoms with Crippen LogP contribution in [0.4, 0.5) is 4.39 Å². The topological polar surface area (TPSA) is 38.0 Å². The Hall–Kier alpha value is -1.23. The van der Waals surface area contributed by atoms with Gasteiger partial charge in [-0.25, -0.2) is 4.39 Å². The van der Waals surface area contributed by atoms with Crippen molar-refractivity contribution in [2.45, 2.75) is 44.6 Å². The second-order valence-corrected chi connectivity index (χ2v) is 6.88. The number of hydrazine groups is 1. The van der Waals surface area contributed by atoms with Crippen LogP contribution in [0.3, 0.4) is 0 Å². The molecule has 112 valence electrons. The molecule has 0 fully saturated rings. The Kier molecular flexibility index (Phi) is 4.68. The minimum atomic E-state index is -0.196. The van der Waals surface area contributed by atoms with Gasteiger partial charge in [0.2, 0.25) is 0 Å². The van der Waals surface area contributed by atoms with Crippen molar-refractivity contribution in [2.75, 3.05) is 0 Å². The smallest absolute Gasteiger partial charge is 0.123 e. The van der Waals surface area contributed by atoms with E-state index in [0.29, 0.717) is 0 Å². The normalized spacial score (nSPS) is 16.3. The average molecular weight is 304 g/mol. The molecule has 0 bridgehead atoms. The summed E-state index contributed by atoms with van der Waals surface area (Å²) < 4.78 is 13.0. The molecule has 0 aliphatic heterocycles. The van der Waals surface area contributed by atoms with Crippen LogP contribution in [0.5, 0.6) is 0 Å². The molecule has 21 heavy (non-hydrogen) atoms. The van der Waals surface area contributed by atoms with E-state index in [1.807, 2.05) is 23.5 Å². The lowest BCUT2D eigenvalue weighted by Crippen LogP contribution is -2.29. The molecule has 4 heteroatoms. The van der Waals surface area contributed by atoms with Crippen molar-refractivity contribution < 1.29 is 4.39 Å². The second kappa shape index (κ2) is 6.69. The molecular weight excluding hydrogens is 283 g/mol. The molecule has 0 spiro atoms. The Morgan fingerprint density at radius 2 is 1.90 bits per heavy atom. The summed E-state index contributed by atoms with van der Waals surface area (Å²) in [5, 5.41) is 0. The minimum Gasteiger partial charge on any atom is -0.271 e. The molecule has 0 amide bonds. The van der Waals surface area contributed by atoms with E-state index in [0.717, 1.165) is 12.0 Å². The lowest BCUT2D eigenvalue weighted by molar-refractivity contribution is 0.559. The first-order chi connectivity index (χ1) is 10.3. The van der Waals surface area contributed by atoms with Crippen LogP contribution in [-0.2, 0) is 19.3 Å². The number of hydrogen-bond acceptors (Lipinski definition) is 3. The number of thiophene rings is 1. The molecule has 1 atom stereocenters. The molecule has 1 heterocycles. The molecule has 0 saturated heterocycles. The molecule has 1 aromatic heterocycles. The van der Waals surface area contributed by atoms with Crippen molar-refractivity contribution >= 4 is 11.3 Å². The highest BCUT2D eigenvalue weighted by molar-refractivity contribution is 7.12. The van der Waals surface area contributed by atoms with Gasteiger partial charge in [-0.1, -0.05) is 18.6 Å². The van der Waals surface area contributed by atoms with Crippen molar-refractivity contribution in [3.05, 3.63) is 57.0 Å². The van der Waals surface area contributed by atoms with Gasteiger partial charge >= 0.3 is 0 Å². The maximum Gasteiger partial charge on any atom is 0.123 e. The SMILES string of the molecule is NNC(Cc1ccc(F)cc1)c1cc2c(s1)CCCCC2. The lowest BCUT2D eigenvalue weighted by atomic mass is 10.0. The molecule has 0 radical (unpaired) electrons. The number of benzene rings is 1. The van der Waals surface area contributed by atoms with Gasteiger partial charge in [-0.2, -0.15) is 0 Å². The van der Waals surface area contributed by atoms with Crippen LogP contribution in [0.15, 0.2) is 30.3 Å². The maximum atomic E-state index is 13.0. The summed E-state index contributed by atoms with van der Waals surface area (Å²) in [7, 11) is 0. The number of nitrogens with one attached hydrogen (secondary N) is 1. The summed E-state index contributed by atoms with van der Waals surface area (Å²) in [6.45, 7) is 0. The molecule has 1 unspecified atom stereocenters. The predicted molar refractivity (Wildman–Crippen MR) is 85.7 cm³/mol. The van der Waals surface area contributed by atoms with E-state index in [4.69, 9.17) is 5.84 Å². The van der Waals surface area contributed by atoms with Gasteiger partial charge in [0.25, 0.3) is 0 Å². The number of aryl methyl sites for hydroxylation is 2. The Balaban J connectivity index is 1.78. The number of halogens is 1. The number of nitrogens with two attached hydrogens (primary N) is 1. The third-order valence-electron chi connectivity index (χ3n) is 4.16. The standard InChI is InChI=1S/C17H21FN2S/c18-14-8-6-12(7-9-14)10-15(20-19)17-11-13-4-2-1-3-5-16(13)21-17/h6-9,11,15,20H,1-5,10,19H2. The summed E-state index contributed by atoms with van der Waals surface area (Å²) in [5.41, 5.74) is 5.53. The van der Waals surface area contributed by atoms with Gasteiger partial charge in [-0.15, -0.1) is 11.3 Å². The van der Waals surface area contributed by atoms with Gasteiger partial charge in [0.1, 0.15) is 5.82 Å². The highest BCUT2D eigenvalue weighted by Crippen LogP contribution is 2.33. The monoisotopic (exact) mass is 304 g/mol. The molecule has 1 aliphatic carbocycles. The lowest BCUT2D eigenvalue weighted by Gasteiger charge is -2.14. The van der Waals surface area contributed by atoms with Gasteiger partial charge in [0.15, 0.2) is 0 Å². The van der Waals surface area contributed by atoms with E-state index in [1.165, 1.54) is 59.6 Å². The molecule has 3 N–H and O–H groups in total. The average Bonchev–Trinajstić information content (AvgIpc) is 2.77. The highest BCUT2D eigenvalue weighted by atomic mass is 32.1. The Labute approximate surface area is 129 Å². The van der Waals surface area contributed by atoms with Gasteiger partial charge < -0.3 is 0 Å². The van der Waals surface area contributed by atoms with Crippen molar-refractivity contribution in [1.29, 1.82) is 0 Å². The van der Waals surface area contributed by atoms with E-state index in [1.54, 1.807) is 0 Å². The molecular formula is C17H21FN2S. The molecule has 0 saturated carbocycles. The van der Waals surface area contributed by atoms with Crippen LogP contribution in [0.1, 0.15) is 46.2 Å². The Morgan fingerprint density at radius 3 is 2.67 bits per heavy atom. The fraction of sp³-hybridized carbons (Fsp3) is 0.412. The Bertz CT molecular complexity index is 568. The summed E-state index contributed by atoms with van der Waals surface area (Å²) >= 11 is 1.89. The summed E-state index contributed by atoms with van der Waals surface area (Å²) in [6.07, 6.45) is 7.11. The van der Waals surface area contributed by atoms with Crippen molar-refractivity contribution in [3.63, 3.8) is 0 Å². The van der Waals surface area contributed by atoms with Crippen LogP contribution in [0.25, 0.3) is 0 Å². The summed E-state index contributed by atoms with van der Waals surface area (Å²) in [4.78, 5) is 2.83. The highest BCUT2D eigenvalue weighted by Gasteiger charge is 2.18. The fourth-order valence-electron chi connectivity index (χ4n) is 2.96. The van der Waals surface area contributed by atoms with Crippen LogP contribution in [0.2, 0.25) is 0 Å². The number of hydrogen-bond donors (Lipinski definition) is 2. The van der Waals surface area contributed by atoms with E-state index >= 15 is 0 Å². The van der Waals surface area contributed by atoms with Gasteiger partial charge in [-0.05, 0) is 61.4 Å². The molecule has 2 aromatic rings. The van der Waals surface area contributed by atoms with Gasteiger partial charge in [0.05, 0.1) is 6.04 Å². The zero-order valence-corrected chi connectivity index (χ0v) is 12.9. The zero-order chi connectivity index (χ0) is 14.7. The first-order valence-electron chi connectivity index (χ1n) is 7.58. The van der Waals surface area contributed by atoms with Crippen molar-refractivity contribution in [1.82, 2.24) is 5.43 Å². The molecule has 2 nitrogen and oxygen atoms in total. The molecule has 1 aliphatic rings. The van der Waals surface area contributed by atoms with Crippen molar-refractivity contribution in [2.24, 2.45) is 5.84 Å². The van der Waals surface area contributed by atoms with E-state index in [9.17, 15) is 4.39 Å². The quantitative estimate of drug-likeness (QED) is 0.511. The van der Waals surface area contributed by atoms with Crippen molar-refractivity contribution in [3.8, 4) is 0 Å². The third-order valence-corrected chi connectivity index (χ3v) is 5.51. The van der Waals surface area contributed by atoms with Crippen LogP contribution in [0, 0.1) is 5.82 Å². The number of fused-ring (bicyclic) bond motifs is 1. The van der Waals surface area contributed by atoms with Crippen LogP contribution < -0.4 is 11.3 Å². The zero-order valence-electron chi connectivity index (χ0n) is 12.1.